The molecule has 6 aromatic heterocycles. The molecule has 7 nitrogen and oxygen atoms in total. The van der Waals surface area contributed by atoms with Crippen LogP contribution in [0.4, 0.5) is 0 Å². The van der Waals surface area contributed by atoms with Crippen molar-refractivity contribution in [1.29, 1.82) is 0 Å². The van der Waals surface area contributed by atoms with E-state index in [1.54, 1.807) is 0 Å². The minimum absolute atomic E-state index is 0.295. The molecule has 0 aliphatic heterocycles. The lowest BCUT2D eigenvalue weighted by atomic mass is 9.70. The van der Waals surface area contributed by atoms with Gasteiger partial charge >= 0.3 is 0 Å². The Hall–Kier alpha value is -15.7. The maximum atomic E-state index is 6.52. The van der Waals surface area contributed by atoms with Crippen molar-refractivity contribution in [2.45, 2.75) is 24.7 Å². The van der Waals surface area contributed by atoms with E-state index in [2.05, 4.69) is 393 Å². The number of hydrogen-bond acceptors (Lipinski definition) is 6. The fraction of sp³-hybridized carbons (Fsp3) is 0.0345. The third kappa shape index (κ3) is 9.71. The molecule has 0 fully saturated rings. The van der Waals surface area contributed by atoms with E-state index >= 15 is 0 Å². The van der Waals surface area contributed by atoms with Gasteiger partial charge in [-0.05, 0) is 172 Å². The van der Waals surface area contributed by atoms with Crippen LogP contribution in [-0.2, 0) is 10.8 Å². The van der Waals surface area contributed by atoms with Gasteiger partial charge in [-0.1, -0.05) is 323 Å². The first kappa shape index (κ1) is 69.1. The Labute approximate surface area is 716 Å². The molecule has 8 heteroatoms. The molecule has 25 aromatic rings. The van der Waals surface area contributed by atoms with Crippen molar-refractivity contribution in [3.05, 3.63) is 422 Å². The molecule has 576 valence electrons. The third-order valence-electron chi connectivity index (χ3n) is 27.3. The SMILES string of the molecule is CC1(C)c2ccccc2-c2nc(-c3cc(-n4c5cc6ccccc6cc5c5c6ccccc6ccc54)c4ccccc4c3)c(-c3ccc4c(c3)sc3ccccc34)nc21.c1ccc2c(c1)-c1ccccc1C21c2ccccc2-c2c(-c3nc4oc5ccccc5c4nc3-c3ccc(-n4c5cc6ccccc6cc5c5ccc6ccccc6c54)cc3)cccc21. The first-order chi connectivity index (χ1) is 61.2. The van der Waals surface area contributed by atoms with Crippen LogP contribution in [-0.4, -0.2) is 29.1 Å². The van der Waals surface area contributed by atoms with Gasteiger partial charge in [0.1, 0.15) is 16.8 Å². The van der Waals surface area contributed by atoms with Gasteiger partial charge < -0.3 is 13.6 Å². The smallest absolute Gasteiger partial charge is 0.246 e. The van der Waals surface area contributed by atoms with Gasteiger partial charge in [0, 0.05) is 96.8 Å². The quantitative estimate of drug-likeness (QED) is 0.166. The maximum absolute atomic E-state index is 6.52. The van der Waals surface area contributed by atoms with Crippen LogP contribution >= 0.6 is 11.3 Å². The Balaban J connectivity index is 0.000000130. The Kier molecular flexibility index (Phi) is 14.4. The lowest BCUT2D eigenvalue weighted by Gasteiger charge is -2.30. The summed E-state index contributed by atoms with van der Waals surface area (Å²) in [5, 5.41) is 20.7. The van der Waals surface area contributed by atoms with Crippen LogP contribution in [0, 0.1) is 0 Å². The number of aromatic nitrogens is 6. The standard InChI is InChI=1S/C61H35N3O.C55H35N3S/c1-2-16-39-35-53-48(34-38(39)15-1)44-33-30-36-14-3-4-17-41(36)59(44)64(53)40-31-28-37(29-32-40)56-57(63-60-58(62-56)46-21-8-12-27-54(46)65-60)47-22-13-26-52-55(47)45-20-7-11-25-51(45)61(52)49-23-9-5-18-42(49)43-19-6-10-24-50(43)61;1-55(2)44-21-11-9-20-42(44)53-54(55)57-51(36-23-25-41-40-19-10-12-22-48(40)59-49(41)31-36)52(56-53)37-27-35-16-6-7-17-38(35)46(30-37)58-45-26-24-32-13-5-8-18-39(32)50(45)43-28-33-14-3-4-15-34(33)29-47(43)58/h1-35H;3-31H,1-2H3. The second-order valence-electron chi connectivity index (χ2n) is 34.1. The molecular weight excluding hydrogens is 1530 g/mol. The molecule has 0 unspecified atom stereocenters. The molecule has 124 heavy (non-hydrogen) atoms. The number of nitrogens with zero attached hydrogens (tertiary/aromatic N) is 6. The van der Waals surface area contributed by atoms with Crippen molar-refractivity contribution < 1.29 is 4.42 Å². The van der Waals surface area contributed by atoms with E-state index in [1.165, 1.54) is 162 Å². The summed E-state index contributed by atoms with van der Waals surface area (Å²) in [4.78, 5) is 22.5. The summed E-state index contributed by atoms with van der Waals surface area (Å²) >= 11 is 1.84. The Bertz CT molecular complexity index is 8960. The average molecular weight is 1600 g/mol. The fourth-order valence-corrected chi connectivity index (χ4v) is 22.9. The molecule has 3 aliphatic rings. The predicted molar refractivity (Wildman–Crippen MR) is 516 cm³/mol. The zero-order valence-corrected chi connectivity index (χ0v) is 68.3. The van der Waals surface area contributed by atoms with Crippen LogP contribution in [0.1, 0.15) is 47.4 Å². The number of hydrogen-bond donors (Lipinski definition) is 0. The van der Waals surface area contributed by atoms with Gasteiger partial charge in [-0.2, -0.15) is 0 Å². The molecule has 0 atom stereocenters. The van der Waals surface area contributed by atoms with E-state index in [-0.39, 0.29) is 5.41 Å². The van der Waals surface area contributed by atoms with E-state index in [0.717, 1.165) is 95.2 Å². The van der Waals surface area contributed by atoms with Crippen LogP contribution in [0.5, 0.6) is 0 Å². The lowest BCUT2D eigenvalue weighted by molar-refractivity contribution is 0.636. The number of rotatable bonds is 6. The molecule has 0 bridgehead atoms. The van der Waals surface area contributed by atoms with Crippen LogP contribution in [0.15, 0.2) is 393 Å². The van der Waals surface area contributed by atoms with E-state index in [0.29, 0.717) is 5.71 Å². The van der Waals surface area contributed by atoms with E-state index in [1.807, 2.05) is 29.5 Å². The van der Waals surface area contributed by atoms with Gasteiger partial charge in [-0.25, -0.2) is 19.9 Å². The van der Waals surface area contributed by atoms with Gasteiger partial charge in [0.15, 0.2) is 0 Å². The molecule has 0 saturated heterocycles. The van der Waals surface area contributed by atoms with Gasteiger partial charge in [0.25, 0.3) is 0 Å². The van der Waals surface area contributed by atoms with Gasteiger partial charge in [-0.3, -0.25) is 0 Å². The Morgan fingerprint density at radius 3 is 1.55 bits per heavy atom. The summed E-state index contributed by atoms with van der Waals surface area (Å²) in [6, 6.07) is 142. The van der Waals surface area contributed by atoms with E-state index in [4.69, 9.17) is 24.4 Å². The van der Waals surface area contributed by atoms with Gasteiger partial charge in [0.05, 0.1) is 61.6 Å². The van der Waals surface area contributed by atoms with Gasteiger partial charge in [0.2, 0.25) is 5.71 Å². The highest BCUT2D eigenvalue weighted by Crippen LogP contribution is 2.65. The van der Waals surface area contributed by atoms with E-state index < -0.39 is 5.41 Å². The zero-order valence-electron chi connectivity index (χ0n) is 67.5. The Morgan fingerprint density at radius 2 is 0.806 bits per heavy atom. The largest absolute Gasteiger partial charge is 0.436 e. The molecular formula is C116H70N6OS. The summed E-state index contributed by atoms with van der Waals surface area (Å²) in [7, 11) is 0. The van der Waals surface area contributed by atoms with Gasteiger partial charge in [-0.15, -0.1) is 11.3 Å². The number of para-hydroxylation sites is 1. The molecule has 0 N–H and O–H groups in total. The topological polar surface area (TPSA) is 74.6 Å². The van der Waals surface area contributed by atoms with Crippen molar-refractivity contribution in [2.75, 3.05) is 0 Å². The van der Waals surface area contributed by atoms with E-state index in [9.17, 15) is 0 Å². The number of fused-ring (bicyclic) bond motifs is 32. The number of benzene rings is 19. The summed E-state index contributed by atoms with van der Waals surface area (Å²) in [6.07, 6.45) is 0. The van der Waals surface area contributed by atoms with Crippen molar-refractivity contribution >= 4 is 151 Å². The highest BCUT2D eigenvalue weighted by molar-refractivity contribution is 7.25. The molecule has 0 saturated carbocycles. The maximum Gasteiger partial charge on any atom is 0.246 e. The summed E-state index contributed by atoms with van der Waals surface area (Å²) in [5.41, 5.74) is 30.3. The summed E-state index contributed by atoms with van der Waals surface area (Å²) in [6.45, 7) is 4.57. The second-order valence-corrected chi connectivity index (χ2v) is 35.2. The van der Waals surface area contributed by atoms with Crippen molar-refractivity contribution in [3.63, 3.8) is 0 Å². The highest BCUT2D eigenvalue weighted by Gasteiger charge is 2.52. The second kappa shape index (κ2) is 25.9. The monoisotopic (exact) mass is 1590 g/mol. The highest BCUT2D eigenvalue weighted by atomic mass is 32.1. The molecule has 0 radical (unpaired) electrons. The first-order valence-corrected chi connectivity index (χ1v) is 43.5. The average Bonchev–Trinajstić information content (AvgIpc) is 1.50. The third-order valence-corrected chi connectivity index (χ3v) is 28.4. The fourth-order valence-electron chi connectivity index (χ4n) is 21.8. The normalized spacial score (nSPS) is 13.4. The zero-order chi connectivity index (χ0) is 81.4. The first-order valence-electron chi connectivity index (χ1n) is 42.6. The molecule has 28 rings (SSSR count). The minimum atomic E-state index is -0.481. The number of thiophene rings is 1. The Morgan fingerprint density at radius 1 is 0.282 bits per heavy atom. The van der Waals surface area contributed by atoms with Crippen LogP contribution in [0.2, 0.25) is 0 Å². The molecule has 0 amide bonds. The molecule has 1 spiro atoms. The van der Waals surface area contributed by atoms with Crippen molar-refractivity contribution in [3.8, 4) is 89.9 Å². The molecule has 3 aliphatic carbocycles. The summed E-state index contributed by atoms with van der Waals surface area (Å²) < 4.78 is 14.0. The molecule has 6 heterocycles. The number of furan rings is 1. The van der Waals surface area contributed by atoms with Crippen molar-refractivity contribution in [2.24, 2.45) is 0 Å². The van der Waals surface area contributed by atoms with Crippen molar-refractivity contribution in [1.82, 2.24) is 29.1 Å². The lowest BCUT2D eigenvalue weighted by Crippen LogP contribution is -2.25. The summed E-state index contributed by atoms with van der Waals surface area (Å²) in [5.74, 6) is 0. The molecule has 19 aromatic carbocycles. The van der Waals surface area contributed by atoms with Crippen LogP contribution < -0.4 is 0 Å². The minimum Gasteiger partial charge on any atom is -0.436 e. The van der Waals surface area contributed by atoms with Crippen LogP contribution in [0.3, 0.4) is 0 Å². The predicted octanol–water partition coefficient (Wildman–Crippen LogP) is 30.5. The van der Waals surface area contributed by atoms with Crippen LogP contribution in [0.25, 0.3) is 230 Å².